The van der Waals surface area contributed by atoms with Crippen LogP contribution in [-0.2, 0) is 13.0 Å². The third-order valence-corrected chi connectivity index (χ3v) is 4.42. The summed E-state index contributed by atoms with van der Waals surface area (Å²) in [6, 6.07) is 17.9. The molecule has 1 N–H and O–H groups in total. The van der Waals surface area contributed by atoms with Crippen LogP contribution in [0, 0.1) is 13.8 Å². The highest BCUT2D eigenvalue weighted by atomic mass is 16.1. The molecule has 0 fully saturated rings. The van der Waals surface area contributed by atoms with Crippen molar-refractivity contribution >= 4 is 11.6 Å². The zero-order valence-electron chi connectivity index (χ0n) is 14.9. The first-order valence-electron chi connectivity index (χ1n) is 8.56. The van der Waals surface area contributed by atoms with Gasteiger partial charge in [-0.1, -0.05) is 49.4 Å². The molecular formula is C21H23N3O. The smallest absolute Gasteiger partial charge is 0.255 e. The Balaban J connectivity index is 1.79. The largest absolute Gasteiger partial charge is 0.319 e. The molecule has 0 spiro atoms. The summed E-state index contributed by atoms with van der Waals surface area (Å²) < 4.78 is 1.93. The van der Waals surface area contributed by atoms with Gasteiger partial charge in [0.15, 0.2) is 0 Å². The predicted octanol–water partition coefficient (Wildman–Crippen LogP) is 4.36. The van der Waals surface area contributed by atoms with E-state index in [4.69, 9.17) is 0 Å². The molecule has 4 heteroatoms. The van der Waals surface area contributed by atoms with Crippen molar-refractivity contribution in [2.75, 3.05) is 5.32 Å². The number of hydrogen-bond acceptors (Lipinski definition) is 2. The Morgan fingerprint density at radius 1 is 1.00 bits per heavy atom. The van der Waals surface area contributed by atoms with Crippen molar-refractivity contribution in [3.8, 4) is 0 Å². The van der Waals surface area contributed by atoms with Crippen LogP contribution in [0.4, 0.5) is 5.69 Å². The average molecular weight is 333 g/mol. The molecule has 0 radical (unpaired) electrons. The minimum absolute atomic E-state index is 0.104. The number of rotatable bonds is 5. The molecule has 2 aromatic carbocycles. The van der Waals surface area contributed by atoms with Crippen molar-refractivity contribution in [2.45, 2.75) is 33.7 Å². The van der Waals surface area contributed by atoms with Crippen molar-refractivity contribution in [3.05, 3.63) is 82.7 Å². The van der Waals surface area contributed by atoms with Gasteiger partial charge < -0.3 is 5.32 Å². The second-order valence-corrected chi connectivity index (χ2v) is 6.19. The Kier molecular flexibility index (Phi) is 4.98. The number of hydrogen-bond donors (Lipinski definition) is 1. The number of aromatic nitrogens is 2. The van der Waals surface area contributed by atoms with Crippen molar-refractivity contribution < 1.29 is 4.79 Å². The quantitative estimate of drug-likeness (QED) is 0.754. The van der Waals surface area contributed by atoms with Gasteiger partial charge in [0, 0.05) is 5.56 Å². The van der Waals surface area contributed by atoms with Gasteiger partial charge in [-0.25, -0.2) is 0 Å². The third kappa shape index (κ3) is 3.79. The van der Waals surface area contributed by atoms with Crippen molar-refractivity contribution in [1.82, 2.24) is 9.78 Å². The predicted molar refractivity (Wildman–Crippen MR) is 101 cm³/mol. The molecular weight excluding hydrogens is 310 g/mol. The van der Waals surface area contributed by atoms with Crippen molar-refractivity contribution in [1.29, 1.82) is 0 Å². The molecule has 1 aromatic heterocycles. The van der Waals surface area contributed by atoms with Crippen molar-refractivity contribution in [3.63, 3.8) is 0 Å². The molecule has 3 aromatic rings. The van der Waals surface area contributed by atoms with Gasteiger partial charge in [0.2, 0.25) is 0 Å². The van der Waals surface area contributed by atoms with E-state index in [1.807, 2.05) is 61.0 Å². The van der Waals surface area contributed by atoms with E-state index in [9.17, 15) is 4.79 Å². The maximum atomic E-state index is 12.5. The van der Waals surface area contributed by atoms with Gasteiger partial charge >= 0.3 is 0 Å². The summed E-state index contributed by atoms with van der Waals surface area (Å²) in [4.78, 5) is 12.5. The number of aryl methyl sites for hydroxylation is 2. The van der Waals surface area contributed by atoms with Gasteiger partial charge in [-0.05, 0) is 43.5 Å². The summed E-state index contributed by atoms with van der Waals surface area (Å²) >= 11 is 0. The highest BCUT2D eigenvalue weighted by Crippen LogP contribution is 2.21. The zero-order chi connectivity index (χ0) is 17.8. The van der Waals surface area contributed by atoms with Gasteiger partial charge in [-0.3, -0.25) is 9.48 Å². The Bertz CT molecular complexity index is 864. The number of nitrogens with one attached hydrogen (secondary N) is 1. The number of anilines is 1. The molecule has 0 aliphatic heterocycles. The minimum Gasteiger partial charge on any atom is -0.319 e. The summed E-state index contributed by atoms with van der Waals surface area (Å²) in [5, 5.41) is 7.60. The summed E-state index contributed by atoms with van der Waals surface area (Å²) in [5.74, 6) is -0.104. The first kappa shape index (κ1) is 17.0. The molecule has 3 rings (SSSR count). The monoisotopic (exact) mass is 333 g/mol. The number of carbonyl (C=O) groups is 1. The fourth-order valence-electron chi connectivity index (χ4n) is 2.87. The molecule has 128 valence electrons. The Morgan fingerprint density at radius 2 is 1.68 bits per heavy atom. The van der Waals surface area contributed by atoms with Crippen LogP contribution >= 0.6 is 0 Å². The van der Waals surface area contributed by atoms with Crippen LogP contribution in [0.1, 0.15) is 39.8 Å². The van der Waals surface area contributed by atoms with Crippen LogP contribution in [0.25, 0.3) is 0 Å². The third-order valence-electron chi connectivity index (χ3n) is 4.42. The molecule has 0 unspecified atom stereocenters. The van der Waals surface area contributed by atoms with Gasteiger partial charge in [0.25, 0.3) is 5.91 Å². The minimum atomic E-state index is -0.104. The molecule has 0 aliphatic rings. The maximum absolute atomic E-state index is 12.5. The summed E-state index contributed by atoms with van der Waals surface area (Å²) in [6.07, 6.45) is 0.965. The first-order valence-corrected chi connectivity index (χ1v) is 8.56. The lowest BCUT2D eigenvalue weighted by atomic mass is 10.1. The molecule has 25 heavy (non-hydrogen) atoms. The topological polar surface area (TPSA) is 46.9 Å². The second kappa shape index (κ2) is 7.34. The molecule has 0 bridgehead atoms. The van der Waals surface area contributed by atoms with E-state index in [1.54, 1.807) is 0 Å². The van der Waals surface area contributed by atoms with E-state index in [0.717, 1.165) is 23.5 Å². The molecule has 0 atom stereocenters. The van der Waals surface area contributed by atoms with Gasteiger partial charge in [-0.15, -0.1) is 0 Å². The standard InChI is InChI=1S/C21H23N3O/c1-4-17-10-12-19(13-11-17)21(25)22-20-15(2)23-24(16(20)3)14-18-8-6-5-7-9-18/h5-13H,4,14H2,1-3H3,(H,22,25). The zero-order valence-corrected chi connectivity index (χ0v) is 14.9. The number of nitrogens with zero attached hydrogens (tertiary/aromatic N) is 2. The summed E-state index contributed by atoms with van der Waals surface area (Å²) in [5.41, 5.74) is 5.64. The highest BCUT2D eigenvalue weighted by Gasteiger charge is 2.15. The highest BCUT2D eigenvalue weighted by molar-refractivity contribution is 6.04. The Labute approximate surface area is 148 Å². The number of carbonyl (C=O) groups excluding carboxylic acids is 1. The maximum Gasteiger partial charge on any atom is 0.255 e. The van der Waals surface area contributed by atoms with E-state index in [1.165, 1.54) is 11.1 Å². The van der Waals surface area contributed by atoms with E-state index < -0.39 is 0 Å². The Hall–Kier alpha value is -2.88. The molecule has 0 saturated carbocycles. The van der Waals surface area contributed by atoms with Gasteiger partial charge in [-0.2, -0.15) is 5.10 Å². The van der Waals surface area contributed by atoms with Crippen LogP contribution in [-0.4, -0.2) is 15.7 Å². The average Bonchev–Trinajstić information content (AvgIpc) is 2.90. The molecule has 0 aliphatic carbocycles. The van der Waals surface area contributed by atoms with Crippen LogP contribution in [0.15, 0.2) is 54.6 Å². The fraction of sp³-hybridized carbons (Fsp3) is 0.238. The normalized spacial score (nSPS) is 10.7. The van der Waals surface area contributed by atoms with Crippen LogP contribution in [0.3, 0.4) is 0 Å². The summed E-state index contributed by atoms with van der Waals surface area (Å²) in [6.45, 7) is 6.69. The van der Waals surface area contributed by atoms with E-state index in [-0.39, 0.29) is 5.91 Å². The van der Waals surface area contributed by atoms with E-state index >= 15 is 0 Å². The second-order valence-electron chi connectivity index (χ2n) is 6.19. The van der Waals surface area contributed by atoms with E-state index in [0.29, 0.717) is 12.1 Å². The summed E-state index contributed by atoms with van der Waals surface area (Å²) in [7, 11) is 0. The molecule has 1 heterocycles. The van der Waals surface area contributed by atoms with Crippen LogP contribution in [0.2, 0.25) is 0 Å². The number of amides is 1. The van der Waals surface area contributed by atoms with E-state index in [2.05, 4.69) is 29.5 Å². The Morgan fingerprint density at radius 3 is 2.32 bits per heavy atom. The van der Waals surface area contributed by atoms with Crippen LogP contribution in [0.5, 0.6) is 0 Å². The molecule has 4 nitrogen and oxygen atoms in total. The van der Waals surface area contributed by atoms with Crippen LogP contribution < -0.4 is 5.32 Å². The van der Waals surface area contributed by atoms with Gasteiger partial charge in [0.05, 0.1) is 23.6 Å². The lowest BCUT2D eigenvalue weighted by Crippen LogP contribution is -2.13. The molecule has 0 saturated heterocycles. The fourth-order valence-corrected chi connectivity index (χ4v) is 2.87. The lowest BCUT2D eigenvalue weighted by molar-refractivity contribution is 0.102. The lowest BCUT2D eigenvalue weighted by Gasteiger charge is -2.08. The molecule has 1 amide bonds. The SMILES string of the molecule is CCc1ccc(C(=O)Nc2c(C)nn(Cc3ccccc3)c2C)cc1. The number of benzene rings is 2. The van der Waals surface area contributed by atoms with Gasteiger partial charge in [0.1, 0.15) is 0 Å². The first-order chi connectivity index (χ1) is 12.1. The van der Waals surface area contributed by atoms with Crippen molar-refractivity contribution in [2.24, 2.45) is 0 Å².